The zero-order valence-corrected chi connectivity index (χ0v) is 8.60. The average Bonchev–Trinajstić information content (AvgIpc) is 2.14. The van der Waals surface area contributed by atoms with Crippen molar-refractivity contribution in [2.75, 3.05) is 6.54 Å². The Kier molecular flexibility index (Phi) is 4.22. The summed E-state index contributed by atoms with van der Waals surface area (Å²) in [6.45, 7) is 5.00. The van der Waals surface area contributed by atoms with E-state index in [9.17, 15) is 4.79 Å². The van der Waals surface area contributed by atoms with Crippen LogP contribution in [0.1, 0.15) is 39.5 Å². The molecule has 0 spiro atoms. The van der Waals surface area contributed by atoms with Gasteiger partial charge in [0.15, 0.2) is 0 Å². The van der Waals surface area contributed by atoms with Gasteiger partial charge in [0, 0.05) is 12.6 Å². The van der Waals surface area contributed by atoms with Gasteiger partial charge in [-0.05, 0) is 32.6 Å². The Morgan fingerprint density at radius 3 is 2.92 bits per heavy atom. The lowest BCUT2D eigenvalue weighted by Crippen LogP contribution is -2.50. The fraction of sp³-hybridized carbons (Fsp3) is 0.900. The maximum atomic E-state index is 11.5. The second-order valence-electron chi connectivity index (χ2n) is 3.84. The first-order valence-electron chi connectivity index (χ1n) is 5.27. The molecule has 0 aliphatic carbocycles. The molecule has 1 amide bonds. The van der Waals surface area contributed by atoms with E-state index in [1.165, 1.54) is 12.8 Å². The molecule has 1 rings (SSSR count). The number of rotatable bonds is 3. The van der Waals surface area contributed by atoms with Crippen LogP contribution in [0.25, 0.3) is 0 Å². The number of piperidine rings is 1. The first-order chi connectivity index (χ1) is 6.24. The third kappa shape index (κ3) is 3.35. The molecule has 1 aliphatic rings. The molecule has 0 saturated carbocycles. The van der Waals surface area contributed by atoms with Crippen LogP contribution in [0.3, 0.4) is 0 Å². The van der Waals surface area contributed by atoms with Gasteiger partial charge in [-0.1, -0.05) is 6.92 Å². The lowest BCUT2D eigenvalue weighted by Gasteiger charge is -2.27. The highest BCUT2D eigenvalue weighted by Crippen LogP contribution is 2.11. The van der Waals surface area contributed by atoms with Crippen molar-refractivity contribution >= 4 is 5.91 Å². The number of amides is 1. The summed E-state index contributed by atoms with van der Waals surface area (Å²) >= 11 is 0. The van der Waals surface area contributed by atoms with Crippen LogP contribution in [0, 0.1) is 0 Å². The Bertz CT molecular complexity index is 170. The van der Waals surface area contributed by atoms with E-state index in [0.29, 0.717) is 6.04 Å². The molecule has 0 aromatic carbocycles. The van der Waals surface area contributed by atoms with Gasteiger partial charge in [0.05, 0.1) is 6.04 Å². The van der Waals surface area contributed by atoms with Crippen LogP contribution >= 0.6 is 0 Å². The van der Waals surface area contributed by atoms with Crippen LogP contribution in [-0.2, 0) is 4.79 Å². The van der Waals surface area contributed by atoms with Gasteiger partial charge in [-0.15, -0.1) is 0 Å². The maximum absolute atomic E-state index is 11.5. The Morgan fingerprint density at radius 2 is 2.31 bits per heavy atom. The second-order valence-corrected chi connectivity index (χ2v) is 3.84. The minimum absolute atomic E-state index is 0.0512. The molecule has 3 heteroatoms. The smallest absolute Gasteiger partial charge is 0.237 e. The topological polar surface area (TPSA) is 41.1 Å². The molecule has 1 fully saturated rings. The summed E-state index contributed by atoms with van der Waals surface area (Å²) in [5, 5.41) is 6.23. The van der Waals surface area contributed by atoms with Crippen LogP contribution in [-0.4, -0.2) is 24.5 Å². The van der Waals surface area contributed by atoms with Crippen molar-refractivity contribution < 1.29 is 4.79 Å². The number of hydrogen-bond acceptors (Lipinski definition) is 2. The number of carbonyl (C=O) groups excluding carboxylic acids is 1. The predicted octanol–water partition coefficient (Wildman–Crippen LogP) is 1.04. The molecule has 0 radical (unpaired) electrons. The van der Waals surface area contributed by atoms with E-state index in [-0.39, 0.29) is 11.9 Å². The van der Waals surface area contributed by atoms with E-state index < -0.39 is 0 Å². The fourth-order valence-corrected chi connectivity index (χ4v) is 1.72. The van der Waals surface area contributed by atoms with Crippen molar-refractivity contribution in [3.8, 4) is 0 Å². The van der Waals surface area contributed by atoms with Crippen LogP contribution in [0.4, 0.5) is 0 Å². The van der Waals surface area contributed by atoms with Gasteiger partial charge < -0.3 is 10.6 Å². The van der Waals surface area contributed by atoms with Gasteiger partial charge in [0.25, 0.3) is 0 Å². The van der Waals surface area contributed by atoms with Crippen molar-refractivity contribution in [2.24, 2.45) is 0 Å². The number of nitrogens with one attached hydrogen (secondary N) is 2. The van der Waals surface area contributed by atoms with Crippen LogP contribution in [0.15, 0.2) is 0 Å². The lowest BCUT2D eigenvalue weighted by atomic mass is 9.99. The van der Waals surface area contributed by atoms with Crippen molar-refractivity contribution in [2.45, 2.75) is 51.6 Å². The predicted molar refractivity (Wildman–Crippen MR) is 53.5 cm³/mol. The molecule has 2 unspecified atom stereocenters. The summed E-state index contributed by atoms with van der Waals surface area (Å²) in [5.41, 5.74) is 0. The Balaban J connectivity index is 2.28. The van der Waals surface area contributed by atoms with Gasteiger partial charge in [0.1, 0.15) is 0 Å². The van der Waals surface area contributed by atoms with E-state index in [0.717, 1.165) is 19.4 Å². The standard InChI is InChI=1S/C10H20N2O/c1-3-7-11-10(13)9-6-4-5-8(2)12-9/h8-9,12H,3-7H2,1-2H3,(H,11,13). The molecule has 1 aliphatic heterocycles. The summed E-state index contributed by atoms with van der Waals surface area (Å²) in [6, 6.07) is 0.543. The van der Waals surface area contributed by atoms with Gasteiger partial charge in [0.2, 0.25) is 5.91 Å². The minimum atomic E-state index is 0.0512. The third-order valence-corrected chi connectivity index (χ3v) is 2.48. The molecule has 0 aromatic rings. The van der Waals surface area contributed by atoms with E-state index in [1.807, 2.05) is 0 Å². The van der Waals surface area contributed by atoms with Crippen LogP contribution in [0.5, 0.6) is 0 Å². The summed E-state index contributed by atoms with van der Waals surface area (Å²) in [6.07, 6.45) is 4.35. The zero-order chi connectivity index (χ0) is 9.68. The second kappa shape index (κ2) is 5.22. The number of carbonyl (C=O) groups is 1. The third-order valence-electron chi connectivity index (χ3n) is 2.48. The highest BCUT2D eigenvalue weighted by molar-refractivity contribution is 5.81. The van der Waals surface area contributed by atoms with Crippen molar-refractivity contribution in [3.05, 3.63) is 0 Å². The first kappa shape index (κ1) is 10.5. The molecule has 13 heavy (non-hydrogen) atoms. The van der Waals surface area contributed by atoms with Gasteiger partial charge >= 0.3 is 0 Å². The fourth-order valence-electron chi connectivity index (χ4n) is 1.72. The molecule has 1 heterocycles. The number of hydrogen-bond donors (Lipinski definition) is 2. The van der Waals surface area contributed by atoms with Gasteiger partial charge in [-0.2, -0.15) is 0 Å². The molecular weight excluding hydrogens is 164 g/mol. The molecule has 1 saturated heterocycles. The summed E-state index contributed by atoms with van der Waals surface area (Å²) in [4.78, 5) is 11.5. The van der Waals surface area contributed by atoms with Crippen molar-refractivity contribution in [1.82, 2.24) is 10.6 Å². The zero-order valence-electron chi connectivity index (χ0n) is 8.60. The van der Waals surface area contributed by atoms with E-state index in [2.05, 4.69) is 24.5 Å². The van der Waals surface area contributed by atoms with Crippen molar-refractivity contribution in [1.29, 1.82) is 0 Å². The van der Waals surface area contributed by atoms with Crippen LogP contribution < -0.4 is 10.6 Å². The average molecular weight is 184 g/mol. The maximum Gasteiger partial charge on any atom is 0.237 e. The van der Waals surface area contributed by atoms with E-state index in [4.69, 9.17) is 0 Å². The monoisotopic (exact) mass is 184 g/mol. The van der Waals surface area contributed by atoms with Crippen molar-refractivity contribution in [3.63, 3.8) is 0 Å². The highest BCUT2D eigenvalue weighted by Gasteiger charge is 2.23. The Labute approximate surface area is 80.3 Å². The lowest BCUT2D eigenvalue weighted by molar-refractivity contribution is -0.123. The highest BCUT2D eigenvalue weighted by atomic mass is 16.2. The van der Waals surface area contributed by atoms with Crippen LogP contribution in [0.2, 0.25) is 0 Å². The largest absolute Gasteiger partial charge is 0.355 e. The summed E-state index contributed by atoms with van der Waals surface area (Å²) < 4.78 is 0. The Morgan fingerprint density at radius 1 is 1.54 bits per heavy atom. The normalized spacial score (nSPS) is 28.5. The van der Waals surface area contributed by atoms with E-state index in [1.54, 1.807) is 0 Å². The molecule has 3 nitrogen and oxygen atoms in total. The Hall–Kier alpha value is -0.570. The van der Waals surface area contributed by atoms with E-state index >= 15 is 0 Å². The SMILES string of the molecule is CCCNC(=O)C1CCCC(C)N1. The minimum Gasteiger partial charge on any atom is -0.355 e. The quantitative estimate of drug-likeness (QED) is 0.688. The first-order valence-corrected chi connectivity index (χ1v) is 5.27. The summed E-state index contributed by atoms with van der Waals surface area (Å²) in [7, 11) is 0. The molecule has 0 aromatic heterocycles. The molecule has 76 valence electrons. The molecule has 0 bridgehead atoms. The summed E-state index contributed by atoms with van der Waals surface area (Å²) in [5.74, 6) is 0.174. The van der Waals surface area contributed by atoms with Gasteiger partial charge in [-0.3, -0.25) is 4.79 Å². The molecular formula is C10H20N2O. The molecule has 2 atom stereocenters. The molecule has 2 N–H and O–H groups in total. The van der Waals surface area contributed by atoms with Gasteiger partial charge in [-0.25, -0.2) is 0 Å².